The molecule has 0 N–H and O–H groups in total. The Morgan fingerprint density at radius 1 is 0.913 bits per heavy atom. The molecular formula is C21H40O2. The molecule has 23 heavy (non-hydrogen) atoms. The van der Waals surface area contributed by atoms with Gasteiger partial charge in [-0.1, -0.05) is 54.9 Å². The lowest BCUT2D eigenvalue weighted by Gasteiger charge is -2.45. The van der Waals surface area contributed by atoms with Crippen molar-refractivity contribution < 1.29 is 9.47 Å². The van der Waals surface area contributed by atoms with E-state index < -0.39 is 0 Å². The number of hydrogen-bond acceptors (Lipinski definition) is 2. The van der Waals surface area contributed by atoms with E-state index in [9.17, 15) is 0 Å². The summed E-state index contributed by atoms with van der Waals surface area (Å²) in [6, 6.07) is 0. The van der Waals surface area contributed by atoms with Crippen LogP contribution < -0.4 is 0 Å². The first-order chi connectivity index (χ1) is 10.8. The SMILES string of the molecule is CC[C@H]1C[C@@H](O[C@@H]2C(C)[C@H](CC)O[C@@]2(C)CC)C(C)[C@@H](C)C1C. The highest BCUT2D eigenvalue weighted by atomic mass is 16.6. The Bertz CT molecular complexity index is 380. The maximum atomic E-state index is 6.84. The van der Waals surface area contributed by atoms with Gasteiger partial charge in [-0.3, -0.25) is 0 Å². The van der Waals surface area contributed by atoms with Crippen LogP contribution in [0.1, 0.15) is 81.1 Å². The van der Waals surface area contributed by atoms with Crippen LogP contribution in [-0.2, 0) is 9.47 Å². The number of ether oxygens (including phenoxy) is 2. The fourth-order valence-electron chi connectivity index (χ4n) is 5.16. The minimum Gasteiger partial charge on any atom is -0.371 e. The fourth-order valence-corrected chi connectivity index (χ4v) is 5.16. The summed E-state index contributed by atoms with van der Waals surface area (Å²) in [4.78, 5) is 0. The average molecular weight is 325 g/mol. The average Bonchev–Trinajstić information content (AvgIpc) is 2.79. The van der Waals surface area contributed by atoms with Crippen LogP contribution in [0.3, 0.4) is 0 Å². The Hall–Kier alpha value is -0.0800. The van der Waals surface area contributed by atoms with Crippen molar-refractivity contribution in [2.75, 3.05) is 0 Å². The second-order valence-electron chi connectivity index (χ2n) is 8.67. The molecule has 0 aromatic heterocycles. The van der Waals surface area contributed by atoms with Crippen molar-refractivity contribution in [2.45, 2.75) is 105 Å². The van der Waals surface area contributed by atoms with E-state index in [0.29, 0.717) is 24.0 Å². The Kier molecular flexibility index (Phi) is 6.22. The highest BCUT2D eigenvalue weighted by Gasteiger charge is 2.51. The Morgan fingerprint density at radius 2 is 1.57 bits per heavy atom. The molecule has 1 saturated heterocycles. The van der Waals surface area contributed by atoms with Gasteiger partial charge in [0, 0.05) is 5.92 Å². The van der Waals surface area contributed by atoms with Gasteiger partial charge in [-0.15, -0.1) is 0 Å². The van der Waals surface area contributed by atoms with Crippen molar-refractivity contribution in [3.05, 3.63) is 0 Å². The van der Waals surface area contributed by atoms with Gasteiger partial charge in [0.2, 0.25) is 0 Å². The zero-order valence-electron chi connectivity index (χ0n) is 16.8. The van der Waals surface area contributed by atoms with E-state index in [-0.39, 0.29) is 11.7 Å². The highest BCUT2D eigenvalue weighted by molar-refractivity contribution is 4.99. The molecule has 1 aliphatic heterocycles. The van der Waals surface area contributed by atoms with Crippen LogP contribution in [-0.4, -0.2) is 23.9 Å². The van der Waals surface area contributed by atoms with Crippen LogP contribution in [0.4, 0.5) is 0 Å². The van der Waals surface area contributed by atoms with E-state index in [1.807, 2.05) is 0 Å². The third-order valence-electron chi connectivity index (χ3n) is 7.56. The third-order valence-corrected chi connectivity index (χ3v) is 7.56. The van der Waals surface area contributed by atoms with Gasteiger partial charge < -0.3 is 9.47 Å². The molecule has 0 aromatic rings. The summed E-state index contributed by atoms with van der Waals surface area (Å²) in [5, 5.41) is 0. The number of rotatable bonds is 5. The summed E-state index contributed by atoms with van der Waals surface area (Å²) >= 11 is 0. The zero-order valence-corrected chi connectivity index (χ0v) is 16.8. The molecule has 9 atom stereocenters. The Balaban J connectivity index is 2.15. The summed E-state index contributed by atoms with van der Waals surface area (Å²) in [5.41, 5.74) is -0.117. The topological polar surface area (TPSA) is 18.5 Å². The first-order valence-electron chi connectivity index (χ1n) is 10.1. The van der Waals surface area contributed by atoms with Crippen LogP contribution >= 0.6 is 0 Å². The lowest BCUT2D eigenvalue weighted by molar-refractivity contribution is -0.151. The minimum atomic E-state index is -0.117. The molecule has 1 aliphatic carbocycles. The molecule has 136 valence electrons. The molecule has 0 aromatic carbocycles. The molecule has 0 bridgehead atoms. The van der Waals surface area contributed by atoms with E-state index in [1.165, 1.54) is 12.8 Å². The lowest BCUT2D eigenvalue weighted by Crippen LogP contribution is -2.47. The van der Waals surface area contributed by atoms with Crippen molar-refractivity contribution in [2.24, 2.45) is 29.6 Å². The lowest BCUT2D eigenvalue weighted by atomic mass is 9.66. The quantitative estimate of drug-likeness (QED) is 0.646. The van der Waals surface area contributed by atoms with E-state index in [2.05, 4.69) is 55.4 Å². The maximum absolute atomic E-state index is 6.84. The summed E-state index contributed by atoms with van der Waals surface area (Å²) in [7, 11) is 0. The van der Waals surface area contributed by atoms with E-state index in [4.69, 9.17) is 9.47 Å². The molecule has 2 rings (SSSR count). The molecule has 0 radical (unpaired) electrons. The van der Waals surface area contributed by atoms with Gasteiger partial charge in [0.25, 0.3) is 0 Å². The Morgan fingerprint density at radius 3 is 2.09 bits per heavy atom. The minimum absolute atomic E-state index is 0.117. The first kappa shape index (κ1) is 19.2. The van der Waals surface area contributed by atoms with Crippen molar-refractivity contribution >= 4 is 0 Å². The molecule has 2 heteroatoms. The Labute approximate surface area is 144 Å². The molecule has 1 heterocycles. The highest BCUT2D eigenvalue weighted by Crippen LogP contribution is 2.46. The monoisotopic (exact) mass is 324 g/mol. The zero-order chi connectivity index (χ0) is 17.4. The van der Waals surface area contributed by atoms with Gasteiger partial charge in [-0.2, -0.15) is 0 Å². The second kappa shape index (κ2) is 7.44. The van der Waals surface area contributed by atoms with Crippen molar-refractivity contribution in [3.63, 3.8) is 0 Å². The molecular weight excluding hydrogens is 284 g/mol. The molecule has 0 amide bonds. The standard InChI is InChI=1S/C21H40O2/c1-9-17-12-19(15(6)13(4)14(17)5)22-20-16(7)18(10-2)23-21(20,8)11-3/h13-20H,9-12H2,1-8H3/t13-,14?,15?,16?,17-,18-,19+,20+,21-/m0/s1. The van der Waals surface area contributed by atoms with Crippen LogP contribution in [0.5, 0.6) is 0 Å². The van der Waals surface area contributed by atoms with Gasteiger partial charge in [-0.25, -0.2) is 0 Å². The number of hydrogen-bond donors (Lipinski definition) is 0. The van der Waals surface area contributed by atoms with Gasteiger partial charge in [0.05, 0.1) is 23.9 Å². The predicted molar refractivity (Wildman–Crippen MR) is 97.6 cm³/mol. The normalized spacial score (nSPS) is 51.1. The van der Waals surface area contributed by atoms with E-state index in [1.54, 1.807) is 0 Å². The van der Waals surface area contributed by atoms with E-state index >= 15 is 0 Å². The predicted octanol–water partition coefficient (Wildman–Crippen LogP) is 5.69. The van der Waals surface area contributed by atoms with Gasteiger partial charge >= 0.3 is 0 Å². The molecule has 2 nitrogen and oxygen atoms in total. The second-order valence-corrected chi connectivity index (χ2v) is 8.67. The molecule has 0 spiro atoms. The van der Waals surface area contributed by atoms with Crippen molar-refractivity contribution in [3.8, 4) is 0 Å². The van der Waals surface area contributed by atoms with Crippen LogP contribution in [0.25, 0.3) is 0 Å². The first-order valence-corrected chi connectivity index (χ1v) is 10.1. The van der Waals surface area contributed by atoms with E-state index in [0.717, 1.165) is 30.6 Å². The van der Waals surface area contributed by atoms with Crippen molar-refractivity contribution in [1.82, 2.24) is 0 Å². The van der Waals surface area contributed by atoms with Crippen LogP contribution in [0.2, 0.25) is 0 Å². The molecule has 2 fully saturated rings. The molecule has 3 unspecified atom stereocenters. The van der Waals surface area contributed by atoms with Crippen LogP contribution in [0.15, 0.2) is 0 Å². The third kappa shape index (κ3) is 3.49. The molecule has 1 saturated carbocycles. The van der Waals surface area contributed by atoms with Crippen LogP contribution in [0, 0.1) is 29.6 Å². The largest absolute Gasteiger partial charge is 0.371 e. The fraction of sp³-hybridized carbons (Fsp3) is 1.00. The van der Waals surface area contributed by atoms with Gasteiger partial charge in [0.1, 0.15) is 0 Å². The molecule has 2 aliphatic rings. The smallest absolute Gasteiger partial charge is 0.0920 e. The summed E-state index contributed by atoms with van der Waals surface area (Å²) in [6.45, 7) is 18.7. The summed E-state index contributed by atoms with van der Waals surface area (Å²) in [6.07, 6.45) is 5.60. The van der Waals surface area contributed by atoms with Crippen molar-refractivity contribution in [1.29, 1.82) is 0 Å². The summed E-state index contributed by atoms with van der Waals surface area (Å²) < 4.78 is 13.3. The summed E-state index contributed by atoms with van der Waals surface area (Å²) in [5.74, 6) is 3.49. The van der Waals surface area contributed by atoms with Gasteiger partial charge in [-0.05, 0) is 49.9 Å². The maximum Gasteiger partial charge on any atom is 0.0920 e. The van der Waals surface area contributed by atoms with Gasteiger partial charge in [0.15, 0.2) is 0 Å².